The molecule has 2 unspecified atom stereocenters. The van der Waals surface area contributed by atoms with Crippen LogP contribution < -0.4 is 16.0 Å². The summed E-state index contributed by atoms with van der Waals surface area (Å²) >= 11 is 0. The number of hydrogen-bond acceptors (Lipinski definition) is 3. The van der Waals surface area contributed by atoms with E-state index >= 15 is 0 Å². The molecule has 0 aliphatic carbocycles. The average Bonchev–Trinajstić information content (AvgIpc) is 3.11. The van der Waals surface area contributed by atoms with Gasteiger partial charge in [-0.2, -0.15) is 0 Å². The van der Waals surface area contributed by atoms with Gasteiger partial charge in [0.2, 0.25) is 5.91 Å². The van der Waals surface area contributed by atoms with E-state index in [4.69, 9.17) is 4.42 Å². The number of hydrogen-bond donors (Lipinski definition) is 3. The number of para-hydroxylation sites is 2. The van der Waals surface area contributed by atoms with Gasteiger partial charge in [0.1, 0.15) is 17.4 Å². The van der Waals surface area contributed by atoms with Crippen molar-refractivity contribution in [3.8, 4) is 0 Å². The van der Waals surface area contributed by atoms with Crippen LogP contribution in [0.4, 0.5) is 10.5 Å². The maximum absolute atomic E-state index is 12.8. The summed E-state index contributed by atoms with van der Waals surface area (Å²) in [5, 5.41) is 9.41. The molecule has 0 saturated heterocycles. The first-order valence-electron chi connectivity index (χ1n) is 9.35. The molecule has 3 rings (SSSR count). The molecule has 0 saturated carbocycles. The Morgan fingerprint density at radius 3 is 2.25 bits per heavy atom. The Bertz CT molecular complexity index is 917. The number of carbonyl (C=O) groups excluding carboxylic acids is 2. The van der Waals surface area contributed by atoms with E-state index in [2.05, 4.69) is 16.0 Å². The van der Waals surface area contributed by atoms with Gasteiger partial charge in [-0.1, -0.05) is 50.2 Å². The molecule has 0 aliphatic rings. The van der Waals surface area contributed by atoms with Crippen LogP contribution in [0.2, 0.25) is 0 Å². The molecule has 6 nitrogen and oxygen atoms in total. The molecule has 28 heavy (non-hydrogen) atoms. The number of urea groups is 1. The van der Waals surface area contributed by atoms with Gasteiger partial charge in [-0.3, -0.25) is 4.79 Å². The lowest BCUT2D eigenvalue weighted by molar-refractivity contribution is -0.124. The van der Waals surface area contributed by atoms with Crippen molar-refractivity contribution in [3.05, 3.63) is 66.4 Å². The van der Waals surface area contributed by atoms with Crippen molar-refractivity contribution in [3.63, 3.8) is 0 Å². The van der Waals surface area contributed by atoms with Gasteiger partial charge < -0.3 is 20.4 Å². The third kappa shape index (κ3) is 4.71. The Hall–Kier alpha value is -3.28. The molecule has 6 heteroatoms. The molecule has 1 heterocycles. The average molecular weight is 379 g/mol. The van der Waals surface area contributed by atoms with Gasteiger partial charge in [0.25, 0.3) is 0 Å². The van der Waals surface area contributed by atoms with Crippen LogP contribution in [0.1, 0.15) is 32.6 Å². The lowest BCUT2D eigenvalue weighted by Gasteiger charge is -2.23. The second-order valence-corrected chi connectivity index (χ2v) is 7.10. The number of benzene rings is 2. The Morgan fingerprint density at radius 1 is 0.893 bits per heavy atom. The van der Waals surface area contributed by atoms with Crippen LogP contribution in [0, 0.1) is 5.92 Å². The van der Waals surface area contributed by atoms with Gasteiger partial charge in [-0.25, -0.2) is 4.79 Å². The van der Waals surface area contributed by atoms with Crippen LogP contribution >= 0.6 is 0 Å². The quantitative estimate of drug-likeness (QED) is 0.591. The van der Waals surface area contributed by atoms with Crippen LogP contribution in [0.15, 0.2) is 65.1 Å². The van der Waals surface area contributed by atoms with Crippen molar-refractivity contribution in [2.24, 2.45) is 5.92 Å². The fraction of sp³-hybridized carbons (Fsp3) is 0.273. The minimum absolute atomic E-state index is 0.0793. The molecule has 2 aromatic carbocycles. The second kappa shape index (κ2) is 8.61. The summed E-state index contributed by atoms with van der Waals surface area (Å²) in [5.41, 5.74) is 1.44. The maximum Gasteiger partial charge on any atom is 0.319 e. The zero-order valence-corrected chi connectivity index (χ0v) is 16.2. The van der Waals surface area contributed by atoms with Gasteiger partial charge in [0.15, 0.2) is 0 Å². The van der Waals surface area contributed by atoms with Crippen LogP contribution in [0.25, 0.3) is 11.0 Å². The molecule has 1 aromatic heterocycles. The number of amides is 3. The second-order valence-electron chi connectivity index (χ2n) is 7.10. The molecule has 0 bridgehead atoms. The summed E-state index contributed by atoms with van der Waals surface area (Å²) in [6, 6.07) is 17.3. The SMILES string of the molecule is CC(NC(=O)C(NC(=O)Nc1ccccc1)C(C)C)c1cc2ccccc2o1. The summed E-state index contributed by atoms with van der Waals surface area (Å²) in [5.74, 6) is 0.335. The zero-order valence-electron chi connectivity index (χ0n) is 16.2. The van der Waals surface area contributed by atoms with Gasteiger partial charge in [0, 0.05) is 11.1 Å². The van der Waals surface area contributed by atoms with Crippen LogP contribution in [0.5, 0.6) is 0 Å². The van der Waals surface area contributed by atoms with Gasteiger partial charge in [-0.15, -0.1) is 0 Å². The van der Waals surface area contributed by atoms with Crippen molar-refractivity contribution in [2.45, 2.75) is 32.9 Å². The maximum atomic E-state index is 12.8. The Kier molecular flexibility index (Phi) is 5.99. The van der Waals surface area contributed by atoms with E-state index in [-0.39, 0.29) is 17.9 Å². The minimum Gasteiger partial charge on any atom is -0.459 e. The Balaban J connectivity index is 1.64. The standard InChI is InChI=1S/C22H25N3O3/c1-14(2)20(25-22(27)24-17-10-5-4-6-11-17)21(26)23-15(3)19-13-16-9-7-8-12-18(16)28-19/h4-15,20H,1-3H3,(H,23,26)(H2,24,25,27). The van der Waals surface area contributed by atoms with Crippen molar-refractivity contribution >= 4 is 28.6 Å². The van der Waals surface area contributed by atoms with E-state index in [1.165, 1.54) is 0 Å². The molecule has 0 aliphatic heterocycles. The number of rotatable bonds is 6. The number of anilines is 1. The minimum atomic E-state index is -0.671. The highest BCUT2D eigenvalue weighted by molar-refractivity contribution is 5.94. The first-order valence-corrected chi connectivity index (χ1v) is 9.35. The number of fused-ring (bicyclic) bond motifs is 1. The molecule has 3 amide bonds. The Labute approximate surface area is 164 Å². The summed E-state index contributed by atoms with van der Waals surface area (Å²) in [7, 11) is 0. The van der Waals surface area contributed by atoms with E-state index in [9.17, 15) is 9.59 Å². The molecular weight excluding hydrogens is 354 g/mol. The smallest absolute Gasteiger partial charge is 0.319 e. The summed E-state index contributed by atoms with van der Waals surface area (Å²) in [6.45, 7) is 5.63. The van der Waals surface area contributed by atoms with E-state index in [0.29, 0.717) is 11.4 Å². The first kappa shape index (κ1) is 19.5. The third-order valence-electron chi connectivity index (χ3n) is 4.50. The first-order chi connectivity index (χ1) is 13.4. The van der Waals surface area contributed by atoms with E-state index in [1.54, 1.807) is 12.1 Å². The molecule has 0 spiro atoms. The predicted octanol–water partition coefficient (Wildman–Crippen LogP) is 4.46. The summed E-state index contributed by atoms with van der Waals surface area (Å²) in [6.07, 6.45) is 0. The van der Waals surface area contributed by atoms with Crippen molar-refractivity contribution in [1.29, 1.82) is 0 Å². The molecule has 0 radical (unpaired) electrons. The highest BCUT2D eigenvalue weighted by Crippen LogP contribution is 2.23. The third-order valence-corrected chi connectivity index (χ3v) is 4.50. The zero-order chi connectivity index (χ0) is 20.1. The monoisotopic (exact) mass is 379 g/mol. The van der Waals surface area contributed by atoms with Crippen LogP contribution in [-0.4, -0.2) is 18.0 Å². The molecule has 3 N–H and O–H groups in total. The highest BCUT2D eigenvalue weighted by atomic mass is 16.3. The topological polar surface area (TPSA) is 83.4 Å². The van der Waals surface area contributed by atoms with Gasteiger partial charge >= 0.3 is 6.03 Å². The van der Waals surface area contributed by atoms with Crippen LogP contribution in [-0.2, 0) is 4.79 Å². The molecule has 0 fully saturated rings. The number of carbonyl (C=O) groups is 2. The summed E-state index contributed by atoms with van der Waals surface area (Å²) in [4.78, 5) is 25.1. The van der Waals surface area contributed by atoms with Gasteiger partial charge in [0.05, 0.1) is 6.04 Å². The van der Waals surface area contributed by atoms with Gasteiger partial charge in [-0.05, 0) is 37.1 Å². The normalized spacial score (nSPS) is 13.1. The van der Waals surface area contributed by atoms with E-state index < -0.39 is 12.1 Å². The fourth-order valence-electron chi connectivity index (χ4n) is 2.95. The highest BCUT2D eigenvalue weighted by Gasteiger charge is 2.26. The molecule has 2 atom stereocenters. The lowest BCUT2D eigenvalue weighted by Crippen LogP contribution is -2.51. The molecular formula is C22H25N3O3. The molecule has 3 aromatic rings. The summed E-state index contributed by atoms with van der Waals surface area (Å²) < 4.78 is 5.82. The van der Waals surface area contributed by atoms with Crippen molar-refractivity contribution in [1.82, 2.24) is 10.6 Å². The van der Waals surface area contributed by atoms with E-state index in [0.717, 1.165) is 11.0 Å². The number of furan rings is 1. The van der Waals surface area contributed by atoms with Crippen LogP contribution in [0.3, 0.4) is 0 Å². The Morgan fingerprint density at radius 2 is 1.57 bits per heavy atom. The largest absolute Gasteiger partial charge is 0.459 e. The number of nitrogens with one attached hydrogen (secondary N) is 3. The fourth-order valence-corrected chi connectivity index (χ4v) is 2.95. The van der Waals surface area contributed by atoms with E-state index in [1.807, 2.05) is 69.3 Å². The van der Waals surface area contributed by atoms with Crippen molar-refractivity contribution in [2.75, 3.05) is 5.32 Å². The lowest BCUT2D eigenvalue weighted by atomic mass is 10.0. The predicted molar refractivity (Wildman–Crippen MR) is 110 cm³/mol. The molecule has 146 valence electrons. The van der Waals surface area contributed by atoms with Crippen molar-refractivity contribution < 1.29 is 14.0 Å².